The third-order valence-corrected chi connectivity index (χ3v) is 3.90. The minimum absolute atomic E-state index is 0.647. The molecule has 1 heterocycles. The molecule has 2 aromatic carbocycles. The van der Waals surface area contributed by atoms with E-state index in [0.717, 1.165) is 32.6 Å². The molecule has 0 saturated carbocycles. The van der Waals surface area contributed by atoms with Gasteiger partial charge in [-0.1, -0.05) is 15.9 Å². The van der Waals surface area contributed by atoms with Gasteiger partial charge in [0.1, 0.15) is 11.6 Å². The van der Waals surface area contributed by atoms with Crippen molar-refractivity contribution in [2.45, 2.75) is 0 Å². The first kappa shape index (κ1) is 14.7. The zero-order chi connectivity index (χ0) is 15.7. The first-order chi connectivity index (χ1) is 10.7. The van der Waals surface area contributed by atoms with Gasteiger partial charge in [0.25, 0.3) is 0 Å². The Balaban J connectivity index is 2.18. The Hall–Kier alpha value is -2.21. The lowest BCUT2D eigenvalue weighted by atomic mass is 10.2. The number of hydrogen-bond donors (Lipinski definition) is 1. The van der Waals surface area contributed by atoms with Crippen LogP contribution in [-0.4, -0.2) is 31.3 Å². The van der Waals surface area contributed by atoms with Gasteiger partial charge < -0.3 is 19.2 Å². The molecule has 0 amide bonds. The molecule has 6 heteroatoms. The monoisotopic (exact) mass is 362 g/mol. The van der Waals surface area contributed by atoms with Crippen molar-refractivity contribution in [3.8, 4) is 28.6 Å². The summed E-state index contributed by atoms with van der Waals surface area (Å²) in [7, 11) is 4.86. The summed E-state index contributed by atoms with van der Waals surface area (Å²) in [6.07, 6.45) is 0. The van der Waals surface area contributed by atoms with Gasteiger partial charge in [-0.2, -0.15) is 0 Å². The predicted octanol–water partition coefficient (Wildman–Crippen LogP) is 4.02. The topological polar surface area (TPSA) is 56.4 Å². The molecule has 0 aliphatic carbocycles. The highest BCUT2D eigenvalue weighted by atomic mass is 79.9. The van der Waals surface area contributed by atoms with E-state index in [9.17, 15) is 0 Å². The maximum atomic E-state index is 5.41. The summed E-state index contributed by atoms with van der Waals surface area (Å²) < 4.78 is 17.0. The Morgan fingerprint density at radius 2 is 1.59 bits per heavy atom. The smallest absolute Gasteiger partial charge is 0.163 e. The van der Waals surface area contributed by atoms with Crippen molar-refractivity contribution in [3.05, 3.63) is 34.8 Å². The normalized spacial score (nSPS) is 10.7. The van der Waals surface area contributed by atoms with Crippen LogP contribution in [0.1, 0.15) is 0 Å². The lowest BCUT2D eigenvalue weighted by molar-refractivity contribution is 0.356. The number of fused-ring (bicyclic) bond motifs is 1. The summed E-state index contributed by atoms with van der Waals surface area (Å²) in [4.78, 5) is 7.92. The first-order valence-electron chi connectivity index (χ1n) is 6.62. The van der Waals surface area contributed by atoms with Crippen molar-refractivity contribution < 1.29 is 14.2 Å². The van der Waals surface area contributed by atoms with Gasteiger partial charge in [0.2, 0.25) is 0 Å². The van der Waals surface area contributed by atoms with Crippen molar-refractivity contribution in [1.82, 2.24) is 9.97 Å². The second-order valence-corrected chi connectivity index (χ2v) is 5.57. The van der Waals surface area contributed by atoms with E-state index in [1.54, 1.807) is 21.3 Å². The molecular weight excluding hydrogens is 348 g/mol. The number of aromatic amines is 1. The number of imidazole rings is 1. The first-order valence-corrected chi connectivity index (χ1v) is 7.41. The lowest BCUT2D eigenvalue weighted by Crippen LogP contribution is -1.89. The molecule has 1 N–H and O–H groups in total. The largest absolute Gasteiger partial charge is 0.496 e. The van der Waals surface area contributed by atoms with Gasteiger partial charge in [0.05, 0.1) is 37.9 Å². The maximum absolute atomic E-state index is 5.41. The molecule has 0 unspecified atom stereocenters. The van der Waals surface area contributed by atoms with Crippen LogP contribution in [-0.2, 0) is 0 Å². The van der Waals surface area contributed by atoms with Gasteiger partial charge in [-0.15, -0.1) is 0 Å². The third-order valence-electron chi connectivity index (χ3n) is 3.40. The highest BCUT2D eigenvalue weighted by Gasteiger charge is 2.14. The highest BCUT2D eigenvalue weighted by Crippen LogP contribution is 2.35. The van der Waals surface area contributed by atoms with Crippen molar-refractivity contribution in [2.24, 2.45) is 0 Å². The fourth-order valence-electron chi connectivity index (χ4n) is 2.33. The van der Waals surface area contributed by atoms with Crippen molar-refractivity contribution >= 4 is 27.0 Å². The predicted molar refractivity (Wildman–Crippen MR) is 88.9 cm³/mol. The van der Waals surface area contributed by atoms with Crippen LogP contribution in [0.4, 0.5) is 0 Å². The fraction of sp³-hybridized carbons (Fsp3) is 0.188. The van der Waals surface area contributed by atoms with Crippen molar-refractivity contribution in [2.75, 3.05) is 21.3 Å². The number of rotatable bonds is 4. The second-order valence-electron chi connectivity index (χ2n) is 4.65. The average Bonchev–Trinajstić information content (AvgIpc) is 2.96. The molecule has 0 saturated heterocycles. The van der Waals surface area contributed by atoms with Gasteiger partial charge in [0.15, 0.2) is 11.5 Å². The van der Waals surface area contributed by atoms with E-state index in [1.807, 2.05) is 30.3 Å². The van der Waals surface area contributed by atoms with E-state index in [0.29, 0.717) is 11.5 Å². The molecule has 0 fully saturated rings. The summed E-state index contributed by atoms with van der Waals surface area (Å²) in [5.74, 6) is 2.78. The SMILES string of the molecule is COc1cc2nc(-c3cc(Br)ccc3OC)[nH]c2cc1OC. The number of nitrogens with zero attached hydrogens (tertiary/aromatic N) is 1. The number of H-pyrrole nitrogens is 1. The summed E-state index contributed by atoms with van der Waals surface area (Å²) in [6, 6.07) is 9.50. The maximum Gasteiger partial charge on any atom is 0.163 e. The Morgan fingerprint density at radius 1 is 0.909 bits per heavy atom. The summed E-state index contributed by atoms with van der Waals surface area (Å²) in [5.41, 5.74) is 2.55. The zero-order valence-electron chi connectivity index (χ0n) is 12.4. The summed E-state index contributed by atoms with van der Waals surface area (Å²) in [6.45, 7) is 0. The van der Waals surface area contributed by atoms with Crippen LogP contribution >= 0.6 is 15.9 Å². The number of nitrogens with one attached hydrogen (secondary N) is 1. The minimum Gasteiger partial charge on any atom is -0.496 e. The number of benzene rings is 2. The van der Waals surface area contributed by atoms with Crippen LogP contribution in [0.2, 0.25) is 0 Å². The molecule has 0 aliphatic rings. The molecular formula is C16H15BrN2O3. The fourth-order valence-corrected chi connectivity index (χ4v) is 2.69. The number of ether oxygens (including phenoxy) is 3. The van der Waals surface area contributed by atoms with Gasteiger partial charge in [-0.25, -0.2) is 4.98 Å². The standard InChI is InChI=1S/C16H15BrN2O3/c1-20-13-5-4-9(17)6-10(13)16-18-11-7-14(21-2)15(22-3)8-12(11)19-16/h4-8H,1-3H3,(H,18,19). The number of aromatic nitrogens is 2. The van der Waals surface area contributed by atoms with Crippen LogP contribution in [0.5, 0.6) is 17.2 Å². The van der Waals surface area contributed by atoms with Crippen LogP contribution in [0.15, 0.2) is 34.8 Å². The van der Waals surface area contributed by atoms with Crippen LogP contribution in [0.3, 0.4) is 0 Å². The Kier molecular flexibility index (Phi) is 3.94. The van der Waals surface area contributed by atoms with E-state index < -0.39 is 0 Å². The summed E-state index contributed by atoms with van der Waals surface area (Å²) >= 11 is 3.48. The lowest BCUT2D eigenvalue weighted by Gasteiger charge is -2.06. The number of hydrogen-bond acceptors (Lipinski definition) is 4. The van der Waals surface area contributed by atoms with Gasteiger partial charge in [-0.05, 0) is 18.2 Å². The highest BCUT2D eigenvalue weighted by molar-refractivity contribution is 9.10. The van der Waals surface area contributed by atoms with Crippen molar-refractivity contribution in [3.63, 3.8) is 0 Å². The van der Waals surface area contributed by atoms with E-state index in [1.165, 1.54) is 0 Å². The Labute approximate surface area is 136 Å². The summed E-state index contributed by atoms with van der Waals surface area (Å²) in [5, 5.41) is 0. The zero-order valence-corrected chi connectivity index (χ0v) is 14.0. The Morgan fingerprint density at radius 3 is 2.27 bits per heavy atom. The molecule has 3 aromatic rings. The third kappa shape index (κ3) is 2.50. The van der Waals surface area contributed by atoms with E-state index >= 15 is 0 Å². The number of methoxy groups -OCH3 is 3. The molecule has 0 bridgehead atoms. The van der Waals surface area contributed by atoms with E-state index in [4.69, 9.17) is 14.2 Å². The molecule has 22 heavy (non-hydrogen) atoms. The van der Waals surface area contributed by atoms with E-state index in [-0.39, 0.29) is 0 Å². The molecule has 114 valence electrons. The molecule has 5 nitrogen and oxygen atoms in total. The van der Waals surface area contributed by atoms with Gasteiger partial charge in [-0.3, -0.25) is 0 Å². The molecule has 1 aromatic heterocycles. The molecule has 3 rings (SSSR count). The second kappa shape index (κ2) is 5.88. The van der Waals surface area contributed by atoms with Crippen LogP contribution in [0, 0.1) is 0 Å². The quantitative estimate of drug-likeness (QED) is 0.761. The van der Waals surface area contributed by atoms with Crippen LogP contribution in [0.25, 0.3) is 22.4 Å². The minimum atomic E-state index is 0.647. The molecule has 0 aliphatic heterocycles. The van der Waals surface area contributed by atoms with Crippen molar-refractivity contribution in [1.29, 1.82) is 0 Å². The molecule has 0 spiro atoms. The molecule has 0 radical (unpaired) electrons. The van der Waals surface area contributed by atoms with Gasteiger partial charge >= 0.3 is 0 Å². The molecule has 0 atom stereocenters. The Bertz CT molecular complexity index is 789. The number of halogens is 1. The van der Waals surface area contributed by atoms with Gasteiger partial charge in [0, 0.05) is 16.6 Å². The van der Waals surface area contributed by atoms with E-state index in [2.05, 4.69) is 25.9 Å². The average molecular weight is 363 g/mol. The van der Waals surface area contributed by atoms with Crippen LogP contribution < -0.4 is 14.2 Å².